The standard InChI is InChI=1S/C24H47NP/c1-19-15-16-21(25)18-23(17-19)26(3,22-12-8-4-5-9-13-22)24-14-10-6-7-11-20(24)2/h19-24H,4-18,25H2,1-3H3/q+1. The molecule has 0 spiro atoms. The fourth-order valence-corrected chi connectivity index (χ4v) is 13.7. The van der Waals surface area contributed by atoms with E-state index >= 15 is 0 Å². The van der Waals surface area contributed by atoms with Crippen molar-refractivity contribution in [3.63, 3.8) is 0 Å². The van der Waals surface area contributed by atoms with Crippen molar-refractivity contribution in [3.05, 3.63) is 0 Å². The monoisotopic (exact) mass is 380 g/mol. The van der Waals surface area contributed by atoms with Gasteiger partial charge in [-0.3, -0.25) is 0 Å². The van der Waals surface area contributed by atoms with Crippen LogP contribution in [0.2, 0.25) is 0 Å². The van der Waals surface area contributed by atoms with Crippen LogP contribution in [0.1, 0.15) is 110 Å². The van der Waals surface area contributed by atoms with Gasteiger partial charge in [0.1, 0.15) is 0 Å². The van der Waals surface area contributed by atoms with Crippen molar-refractivity contribution in [1.29, 1.82) is 0 Å². The number of rotatable bonds is 3. The summed E-state index contributed by atoms with van der Waals surface area (Å²) >= 11 is 0. The molecule has 2 N–H and O–H groups in total. The number of hydrogen-bond acceptors (Lipinski definition) is 1. The molecule has 3 saturated carbocycles. The highest BCUT2D eigenvalue weighted by Crippen LogP contribution is 2.75. The summed E-state index contributed by atoms with van der Waals surface area (Å²) in [7, 11) is -0.990. The van der Waals surface area contributed by atoms with E-state index < -0.39 is 7.26 Å². The van der Waals surface area contributed by atoms with E-state index in [0.717, 1.165) is 28.8 Å². The molecule has 0 radical (unpaired) electrons. The smallest absolute Gasteiger partial charge is 0.0725 e. The lowest BCUT2D eigenvalue weighted by Crippen LogP contribution is -2.37. The van der Waals surface area contributed by atoms with Gasteiger partial charge in [0.2, 0.25) is 0 Å². The summed E-state index contributed by atoms with van der Waals surface area (Å²) in [6.45, 7) is 8.04. The maximum absolute atomic E-state index is 6.66. The van der Waals surface area contributed by atoms with Gasteiger partial charge in [0.25, 0.3) is 0 Å². The van der Waals surface area contributed by atoms with Gasteiger partial charge in [0.15, 0.2) is 0 Å². The van der Waals surface area contributed by atoms with Crippen molar-refractivity contribution in [2.75, 3.05) is 6.66 Å². The third kappa shape index (κ3) is 4.86. The molecule has 3 fully saturated rings. The molecule has 3 rings (SSSR count). The Morgan fingerprint density at radius 3 is 2.00 bits per heavy atom. The SMILES string of the molecule is CC1CCC(N)CC([P+](C)(C2CCCCCC2)C2CCCCCC2C)C1. The number of hydrogen-bond donors (Lipinski definition) is 1. The lowest BCUT2D eigenvalue weighted by molar-refractivity contribution is 0.478. The quantitative estimate of drug-likeness (QED) is 0.405. The molecule has 0 amide bonds. The topological polar surface area (TPSA) is 26.0 Å². The Balaban J connectivity index is 1.93. The van der Waals surface area contributed by atoms with Crippen molar-refractivity contribution in [2.24, 2.45) is 17.6 Å². The summed E-state index contributed by atoms with van der Waals surface area (Å²) in [6.07, 6.45) is 22.2. The van der Waals surface area contributed by atoms with E-state index in [0.29, 0.717) is 6.04 Å². The van der Waals surface area contributed by atoms with Gasteiger partial charge in [0.05, 0.1) is 17.0 Å². The minimum absolute atomic E-state index is 0.483. The Labute approximate surface area is 165 Å². The molecule has 1 nitrogen and oxygen atoms in total. The van der Waals surface area contributed by atoms with E-state index in [1.165, 1.54) is 77.0 Å². The second-order valence-electron chi connectivity index (χ2n) is 10.6. The lowest BCUT2D eigenvalue weighted by atomic mass is 10.0. The Morgan fingerprint density at radius 1 is 0.654 bits per heavy atom. The van der Waals surface area contributed by atoms with Crippen molar-refractivity contribution in [2.45, 2.75) is 133 Å². The van der Waals surface area contributed by atoms with Gasteiger partial charge in [-0.25, -0.2) is 0 Å². The van der Waals surface area contributed by atoms with E-state index in [4.69, 9.17) is 5.73 Å². The second-order valence-corrected chi connectivity index (χ2v) is 15.2. The molecule has 6 unspecified atom stereocenters. The molecular formula is C24H47NP+. The molecule has 6 atom stereocenters. The summed E-state index contributed by atoms with van der Waals surface area (Å²) in [6, 6.07) is 0.483. The van der Waals surface area contributed by atoms with Crippen molar-refractivity contribution >= 4 is 7.26 Å². The summed E-state index contributed by atoms with van der Waals surface area (Å²) < 4.78 is 0. The van der Waals surface area contributed by atoms with Crippen LogP contribution < -0.4 is 5.73 Å². The molecule has 0 aromatic heterocycles. The summed E-state index contributed by atoms with van der Waals surface area (Å²) in [5.41, 5.74) is 9.75. The van der Waals surface area contributed by atoms with Crippen LogP contribution in [-0.2, 0) is 0 Å². The predicted octanol–water partition coefficient (Wildman–Crippen LogP) is 7.23. The Hall–Kier alpha value is 0.390. The van der Waals surface area contributed by atoms with E-state index in [1.54, 1.807) is 19.3 Å². The van der Waals surface area contributed by atoms with Gasteiger partial charge < -0.3 is 5.73 Å². The Kier molecular flexibility index (Phi) is 7.90. The molecule has 3 aliphatic rings. The summed E-state index contributed by atoms with van der Waals surface area (Å²) in [4.78, 5) is 0. The van der Waals surface area contributed by atoms with E-state index in [-0.39, 0.29) is 0 Å². The van der Waals surface area contributed by atoms with Gasteiger partial charge >= 0.3 is 0 Å². The van der Waals surface area contributed by atoms with E-state index in [2.05, 4.69) is 20.5 Å². The molecule has 0 aliphatic heterocycles. The molecule has 0 bridgehead atoms. The molecule has 0 aromatic rings. The van der Waals surface area contributed by atoms with E-state index in [1.807, 2.05) is 0 Å². The van der Waals surface area contributed by atoms with Crippen LogP contribution in [0.15, 0.2) is 0 Å². The zero-order valence-corrected chi connectivity index (χ0v) is 19.0. The number of nitrogens with two attached hydrogens (primary N) is 1. The average Bonchev–Trinajstić information content (AvgIpc) is 3.07. The lowest BCUT2D eigenvalue weighted by Gasteiger charge is -2.45. The average molecular weight is 381 g/mol. The first-order chi connectivity index (χ1) is 12.5. The Morgan fingerprint density at radius 2 is 1.27 bits per heavy atom. The first kappa shape index (κ1) is 21.1. The zero-order chi connectivity index (χ0) is 18.6. The maximum atomic E-state index is 6.66. The largest absolute Gasteiger partial charge is 0.328 e. The van der Waals surface area contributed by atoms with Crippen molar-refractivity contribution in [3.8, 4) is 0 Å². The first-order valence-electron chi connectivity index (χ1n) is 12.1. The molecule has 152 valence electrons. The van der Waals surface area contributed by atoms with Crippen molar-refractivity contribution in [1.82, 2.24) is 0 Å². The van der Waals surface area contributed by atoms with Gasteiger partial charge in [-0.05, 0) is 82.5 Å². The fraction of sp³-hybridized carbons (Fsp3) is 1.00. The maximum Gasteiger partial charge on any atom is 0.0725 e. The highest BCUT2D eigenvalue weighted by atomic mass is 31.2. The third-order valence-electron chi connectivity index (χ3n) is 8.71. The Bertz CT molecular complexity index is 404. The van der Waals surface area contributed by atoms with Crippen LogP contribution >= 0.6 is 7.26 Å². The van der Waals surface area contributed by atoms with Crippen LogP contribution in [0, 0.1) is 11.8 Å². The molecule has 2 heteroatoms. The van der Waals surface area contributed by atoms with E-state index in [9.17, 15) is 0 Å². The molecule has 3 aliphatic carbocycles. The molecule has 0 aromatic carbocycles. The third-order valence-corrected chi connectivity index (χ3v) is 15.0. The van der Waals surface area contributed by atoms with Gasteiger partial charge in [0, 0.05) is 20.0 Å². The first-order valence-corrected chi connectivity index (χ1v) is 14.6. The molecule has 0 heterocycles. The predicted molar refractivity (Wildman–Crippen MR) is 120 cm³/mol. The summed E-state index contributed by atoms with van der Waals surface area (Å²) in [5.74, 6) is 1.87. The highest BCUT2D eigenvalue weighted by Gasteiger charge is 2.55. The minimum atomic E-state index is -0.990. The fourth-order valence-electron chi connectivity index (χ4n) is 7.05. The van der Waals surface area contributed by atoms with Crippen LogP contribution in [0.5, 0.6) is 0 Å². The molecule has 0 saturated heterocycles. The highest BCUT2D eigenvalue weighted by molar-refractivity contribution is 7.77. The van der Waals surface area contributed by atoms with Crippen LogP contribution in [0.4, 0.5) is 0 Å². The zero-order valence-electron chi connectivity index (χ0n) is 18.1. The van der Waals surface area contributed by atoms with Crippen LogP contribution in [-0.4, -0.2) is 29.7 Å². The van der Waals surface area contributed by atoms with Gasteiger partial charge in [-0.15, -0.1) is 0 Å². The van der Waals surface area contributed by atoms with Crippen molar-refractivity contribution < 1.29 is 0 Å². The molecular weight excluding hydrogens is 333 g/mol. The van der Waals surface area contributed by atoms with Crippen LogP contribution in [0.25, 0.3) is 0 Å². The summed E-state index contributed by atoms with van der Waals surface area (Å²) in [5, 5.41) is 0. The molecule has 26 heavy (non-hydrogen) atoms. The normalized spacial score (nSPS) is 40.8. The second kappa shape index (κ2) is 9.73. The van der Waals surface area contributed by atoms with Crippen LogP contribution in [0.3, 0.4) is 0 Å². The minimum Gasteiger partial charge on any atom is -0.328 e. The van der Waals surface area contributed by atoms with Gasteiger partial charge in [-0.1, -0.05) is 39.5 Å². The van der Waals surface area contributed by atoms with Gasteiger partial charge in [-0.2, -0.15) is 0 Å².